The second kappa shape index (κ2) is 22.1. The first-order valence-corrected chi connectivity index (χ1v) is 22.6. The van der Waals surface area contributed by atoms with Crippen molar-refractivity contribution in [1.82, 2.24) is 49.4 Å². The highest BCUT2D eigenvalue weighted by Gasteiger charge is 2.35. The molecular formula is C40H43Cl2F8IN12O2. The molecule has 2 fully saturated rings. The van der Waals surface area contributed by atoms with Crippen LogP contribution in [0, 0.1) is 0 Å². The number of aromatic nitrogens is 8. The van der Waals surface area contributed by atoms with Crippen molar-refractivity contribution in [3.63, 3.8) is 0 Å². The number of carbonyl (C=O) groups is 2. The molecule has 8 rings (SSSR count). The highest BCUT2D eigenvalue weighted by atomic mass is 127. The van der Waals surface area contributed by atoms with E-state index in [1.54, 1.807) is 24.3 Å². The highest BCUT2D eigenvalue weighted by molar-refractivity contribution is 14.1. The number of halogens is 11. The average molecular weight is 1070 g/mol. The zero-order valence-corrected chi connectivity index (χ0v) is 37.8. The molecule has 0 spiro atoms. The number of aryl methyl sites for hydroxylation is 1. The molecule has 0 atom stereocenters. The summed E-state index contributed by atoms with van der Waals surface area (Å²) >= 11 is 13.8. The Morgan fingerprint density at radius 2 is 1.14 bits per heavy atom. The van der Waals surface area contributed by atoms with Gasteiger partial charge in [0.15, 0.2) is 16.5 Å². The Morgan fingerprint density at radius 1 is 0.692 bits per heavy atom. The second-order valence-electron chi connectivity index (χ2n) is 15.1. The van der Waals surface area contributed by atoms with Crippen LogP contribution in [-0.4, -0.2) is 92.5 Å². The number of rotatable bonds is 11. The van der Waals surface area contributed by atoms with Gasteiger partial charge in [0.25, 0.3) is 11.8 Å². The summed E-state index contributed by atoms with van der Waals surface area (Å²) < 4.78 is 106. The van der Waals surface area contributed by atoms with Crippen molar-refractivity contribution in [3.05, 3.63) is 94.0 Å². The van der Waals surface area contributed by atoms with Crippen molar-refractivity contribution >= 4 is 80.5 Å². The molecule has 6 aromatic heterocycles. The average Bonchev–Trinajstić information content (AvgIpc) is 4.09. The molecule has 352 valence electrons. The molecule has 6 aromatic rings. The molecule has 14 nitrogen and oxygen atoms in total. The van der Waals surface area contributed by atoms with E-state index in [1.165, 1.54) is 38.0 Å². The Bertz CT molecular complexity index is 2510. The van der Waals surface area contributed by atoms with Gasteiger partial charge in [-0.2, -0.15) is 36.5 Å². The fourth-order valence-electron chi connectivity index (χ4n) is 7.42. The van der Waals surface area contributed by atoms with Gasteiger partial charge < -0.3 is 21.3 Å². The molecule has 2 aliphatic rings. The SMILES string of the molecule is FCCI.O=C(NC1CCC(Nc2cccc3nc(C(F)(F)F)cn23)CC1)c1cn(CCF)nc1Cl.O=C(NC1CCC(Nc2cccc3nc(C(F)(F)F)cn23)CC1)c1cn[nH]c1Cl. The Morgan fingerprint density at radius 3 is 1.54 bits per heavy atom. The number of nitrogens with zero attached hydrogens (tertiary/aromatic N) is 7. The van der Waals surface area contributed by atoms with E-state index in [0.29, 0.717) is 34.5 Å². The fourth-order valence-corrected chi connectivity index (χ4v) is 7.83. The van der Waals surface area contributed by atoms with Gasteiger partial charge in [-0.25, -0.2) is 14.4 Å². The quantitative estimate of drug-likeness (QED) is 0.0487. The minimum atomic E-state index is -4.51. The maximum Gasteiger partial charge on any atom is 0.434 e. The third-order valence-corrected chi connectivity index (χ3v) is 11.6. The summed E-state index contributed by atoms with van der Waals surface area (Å²) in [6.07, 6.45) is 1.62. The molecule has 6 heterocycles. The van der Waals surface area contributed by atoms with Crippen LogP contribution in [0.1, 0.15) is 83.5 Å². The van der Waals surface area contributed by atoms with E-state index in [0.717, 1.165) is 50.9 Å². The van der Waals surface area contributed by atoms with Gasteiger partial charge in [0.2, 0.25) is 0 Å². The van der Waals surface area contributed by atoms with Gasteiger partial charge in [-0.15, -0.1) is 0 Å². The van der Waals surface area contributed by atoms with Crippen LogP contribution in [0.15, 0.2) is 61.2 Å². The summed E-state index contributed by atoms with van der Waals surface area (Å²) in [7, 11) is 0. The standard InChI is InChI=1S/C20H21ClF4N6O.C18H18ClF3N6O.C2H4FI/c21-18-14(10-30(29-18)9-8-22)19(32)27-13-6-4-12(5-7-13)26-16-2-1-3-17-28-15(11-31(16)17)20(23,24)25;19-16-12(8-23-27-16)17(29)25-11-6-4-10(5-7-11)24-14-2-1-3-15-26-13(9-28(14)15)18(20,21)22;3-1-2-4/h1-3,10-13,26H,4-9H2,(H,27,32);1-3,8-11,24H,4-7H2,(H,23,27)(H,25,29);1-2H2. The van der Waals surface area contributed by atoms with Crippen molar-refractivity contribution < 1.29 is 44.7 Å². The Kier molecular flexibility index (Phi) is 16.8. The number of nitrogens with one attached hydrogen (secondary N) is 5. The zero-order chi connectivity index (χ0) is 46.9. The normalized spacial score (nSPS) is 18.9. The molecule has 0 unspecified atom stereocenters. The smallest absolute Gasteiger partial charge is 0.368 e. The summed E-state index contributed by atoms with van der Waals surface area (Å²) in [5.41, 5.74) is -0.900. The van der Waals surface area contributed by atoms with Gasteiger partial charge in [0.1, 0.15) is 34.8 Å². The maximum absolute atomic E-state index is 13.0. The van der Waals surface area contributed by atoms with Crippen LogP contribution in [0.4, 0.5) is 46.8 Å². The van der Waals surface area contributed by atoms with Crippen LogP contribution in [0.5, 0.6) is 0 Å². The summed E-state index contributed by atoms with van der Waals surface area (Å²) in [5, 5.41) is 22.8. The number of hydrogen-bond donors (Lipinski definition) is 5. The van der Waals surface area contributed by atoms with Crippen LogP contribution in [0.2, 0.25) is 10.3 Å². The molecule has 25 heteroatoms. The molecule has 0 aliphatic heterocycles. The van der Waals surface area contributed by atoms with Crippen molar-refractivity contribution in [2.75, 3.05) is 28.4 Å². The van der Waals surface area contributed by atoms with E-state index in [1.807, 2.05) is 22.6 Å². The third-order valence-electron chi connectivity index (χ3n) is 10.6. The van der Waals surface area contributed by atoms with Gasteiger partial charge in [-0.05, 0) is 75.6 Å². The summed E-state index contributed by atoms with van der Waals surface area (Å²) in [4.78, 5) is 32.0. The Hall–Kier alpha value is -4.91. The van der Waals surface area contributed by atoms with Crippen molar-refractivity contribution in [2.45, 2.75) is 94.4 Å². The molecule has 5 N–H and O–H groups in total. The van der Waals surface area contributed by atoms with Crippen LogP contribution >= 0.6 is 45.8 Å². The number of carbonyl (C=O) groups excluding carboxylic acids is 2. The number of aromatic amines is 1. The van der Waals surface area contributed by atoms with Crippen molar-refractivity contribution in [1.29, 1.82) is 0 Å². The lowest BCUT2D eigenvalue weighted by Crippen LogP contribution is -2.40. The van der Waals surface area contributed by atoms with Gasteiger partial charge in [0, 0.05) is 47.2 Å². The number of fused-ring (bicyclic) bond motifs is 2. The van der Waals surface area contributed by atoms with Gasteiger partial charge in [0.05, 0.1) is 30.5 Å². The Balaban J connectivity index is 0.000000200. The van der Waals surface area contributed by atoms with E-state index in [9.17, 15) is 44.7 Å². The third kappa shape index (κ3) is 13.1. The first-order valence-electron chi connectivity index (χ1n) is 20.3. The molecule has 2 saturated carbocycles. The molecule has 0 bridgehead atoms. The van der Waals surface area contributed by atoms with E-state index in [-0.39, 0.29) is 76.4 Å². The lowest BCUT2D eigenvalue weighted by atomic mass is 9.91. The summed E-state index contributed by atoms with van der Waals surface area (Å²) in [6, 6.07) is 9.89. The fraction of sp³-hybridized carbons (Fsp3) is 0.450. The predicted molar refractivity (Wildman–Crippen MR) is 236 cm³/mol. The van der Waals surface area contributed by atoms with Crippen LogP contribution < -0.4 is 21.3 Å². The van der Waals surface area contributed by atoms with E-state index >= 15 is 0 Å². The zero-order valence-electron chi connectivity index (χ0n) is 34.2. The van der Waals surface area contributed by atoms with Crippen LogP contribution in [0.25, 0.3) is 11.3 Å². The van der Waals surface area contributed by atoms with Gasteiger partial charge in [-0.1, -0.05) is 57.9 Å². The number of anilines is 2. The number of amides is 2. The minimum Gasteiger partial charge on any atom is -0.368 e. The molecule has 2 amide bonds. The van der Waals surface area contributed by atoms with Crippen LogP contribution in [0.3, 0.4) is 0 Å². The molecule has 65 heavy (non-hydrogen) atoms. The lowest BCUT2D eigenvalue weighted by molar-refractivity contribution is -0.141. The molecular weight excluding hydrogens is 1030 g/mol. The Labute approximate surface area is 389 Å². The topological polar surface area (TPSA) is 163 Å². The molecule has 2 aliphatic carbocycles. The monoisotopic (exact) mass is 1070 g/mol. The number of pyridine rings is 2. The van der Waals surface area contributed by atoms with E-state index < -0.39 is 30.4 Å². The van der Waals surface area contributed by atoms with Crippen molar-refractivity contribution in [3.8, 4) is 0 Å². The van der Waals surface area contributed by atoms with Crippen LogP contribution in [-0.2, 0) is 18.9 Å². The van der Waals surface area contributed by atoms with E-state index in [4.69, 9.17) is 23.2 Å². The first kappa shape index (κ1) is 49.5. The number of H-pyrrole nitrogens is 1. The number of hydrogen-bond acceptors (Lipinski definition) is 8. The largest absolute Gasteiger partial charge is 0.434 e. The number of imidazole rings is 2. The van der Waals surface area contributed by atoms with Gasteiger partial charge >= 0.3 is 12.4 Å². The predicted octanol–water partition coefficient (Wildman–Crippen LogP) is 9.60. The first-order chi connectivity index (χ1) is 31.0. The van der Waals surface area contributed by atoms with Crippen molar-refractivity contribution in [2.24, 2.45) is 0 Å². The van der Waals surface area contributed by atoms with E-state index in [2.05, 4.69) is 46.5 Å². The summed E-state index contributed by atoms with van der Waals surface area (Å²) in [5.74, 6) is 0.454. The van der Waals surface area contributed by atoms with Gasteiger partial charge in [-0.3, -0.25) is 32.6 Å². The minimum absolute atomic E-state index is 0.00684. The summed E-state index contributed by atoms with van der Waals surface area (Å²) in [6.45, 7) is -0.779. The lowest BCUT2D eigenvalue weighted by Gasteiger charge is -2.30. The maximum atomic E-state index is 13.0. The molecule has 0 radical (unpaired) electrons. The molecule has 0 saturated heterocycles. The second-order valence-corrected chi connectivity index (χ2v) is 16.9. The number of alkyl halides is 9. The molecule has 0 aromatic carbocycles. The highest BCUT2D eigenvalue weighted by Crippen LogP contribution is 2.32.